The molecule has 0 saturated heterocycles. The van der Waals surface area contributed by atoms with Crippen molar-refractivity contribution in [1.82, 2.24) is 4.57 Å². The van der Waals surface area contributed by atoms with Crippen LogP contribution >= 0.6 is 0 Å². The van der Waals surface area contributed by atoms with Gasteiger partial charge in [0, 0.05) is 18.7 Å². The van der Waals surface area contributed by atoms with E-state index < -0.39 is 4.92 Å². The molecule has 0 bridgehead atoms. The molecule has 1 amide bonds. The van der Waals surface area contributed by atoms with Crippen molar-refractivity contribution in [2.24, 2.45) is 7.05 Å². The van der Waals surface area contributed by atoms with Crippen molar-refractivity contribution in [3.63, 3.8) is 0 Å². The number of aromatic nitrogens is 2. The van der Waals surface area contributed by atoms with Crippen molar-refractivity contribution in [3.05, 3.63) is 47.0 Å². The zero-order valence-corrected chi connectivity index (χ0v) is 12.6. The molecule has 0 fully saturated rings. The molecule has 0 aliphatic rings. The van der Waals surface area contributed by atoms with Gasteiger partial charge < -0.3 is 15.7 Å². The Bertz CT molecular complexity index is 713. The Morgan fingerprint density at radius 2 is 2.22 bits per heavy atom. The van der Waals surface area contributed by atoms with Gasteiger partial charge in [-0.05, 0) is 6.07 Å². The number of aliphatic hydroxyl groups excluding tert-OH is 1. The van der Waals surface area contributed by atoms with Crippen LogP contribution in [0.5, 0.6) is 0 Å². The minimum Gasteiger partial charge on any atom is -0.395 e. The van der Waals surface area contributed by atoms with Gasteiger partial charge in [0.25, 0.3) is 11.6 Å². The molecule has 0 radical (unpaired) electrons. The molecular formula is C14H18N5O4+. The average molecular weight is 320 g/mol. The Morgan fingerprint density at radius 3 is 2.83 bits per heavy atom. The van der Waals surface area contributed by atoms with Gasteiger partial charge >= 0.3 is 0 Å². The fraction of sp³-hybridized carbons (Fsp3) is 0.286. The van der Waals surface area contributed by atoms with Crippen LogP contribution < -0.4 is 15.2 Å². The predicted octanol–water partition coefficient (Wildman–Crippen LogP) is 0.264. The van der Waals surface area contributed by atoms with Crippen molar-refractivity contribution < 1.29 is 19.4 Å². The van der Waals surface area contributed by atoms with Crippen molar-refractivity contribution in [2.75, 3.05) is 23.8 Å². The van der Waals surface area contributed by atoms with Crippen LogP contribution in [-0.4, -0.2) is 33.7 Å². The maximum atomic E-state index is 12.1. The molecule has 1 aromatic carbocycles. The summed E-state index contributed by atoms with van der Waals surface area (Å²) in [6, 6.07) is 4.12. The molecule has 1 aromatic heterocycles. The van der Waals surface area contributed by atoms with Crippen LogP contribution in [0.2, 0.25) is 0 Å². The Morgan fingerprint density at radius 1 is 1.43 bits per heavy atom. The molecule has 122 valence electrons. The molecule has 0 aliphatic heterocycles. The molecule has 2 rings (SSSR count). The number of nitrogens with zero attached hydrogens (tertiary/aromatic N) is 3. The Labute approximate surface area is 132 Å². The fourth-order valence-corrected chi connectivity index (χ4v) is 2.04. The van der Waals surface area contributed by atoms with Crippen molar-refractivity contribution in [1.29, 1.82) is 0 Å². The zero-order chi connectivity index (χ0) is 16.8. The number of nitro groups is 1. The lowest BCUT2D eigenvalue weighted by Gasteiger charge is -2.12. The van der Waals surface area contributed by atoms with E-state index in [4.69, 9.17) is 5.11 Å². The molecule has 0 atom stereocenters. The van der Waals surface area contributed by atoms with Gasteiger partial charge in [0.05, 0.1) is 30.0 Å². The van der Waals surface area contributed by atoms with E-state index in [1.54, 1.807) is 27.9 Å². The third-order valence-corrected chi connectivity index (χ3v) is 3.07. The number of benzene rings is 1. The molecule has 0 saturated carbocycles. The Kier molecular flexibility index (Phi) is 5.26. The summed E-state index contributed by atoms with van der Waals surface area (Å²) < 4.78 is 3.49. The van der Waals surface area contributed by atoms with Gasteiger partial charge in [-0.1, -0.05) is 0 Å². The van der Waals surface area contributed by atoms with Gasteiger partial charge in [0.2, 0.25) is 6.33 Å². The predicted molar refractivity (Wildman–Crippen MR) is 82.9 cm³/mol. The third kappa shape index (κ3) is 4.51. The summed E-state index contributed by atoms with van der Waals surface area (Å²) in [5.74, 6) is -0.311. The number of anilines is 2. The van der Waals surface area contributed by atoms with Crippen LogP contribution in [0.4, 0.5) is 17.1 Å². The van der Waals surface area contributed by atoms with E-state index in [0.717, 1.165) is 0 Å². The maximum absolute atomic E-state index is 12.1. The highest BCUT2D eigenvalue weighted by Gasteiger charge is 2.14. The van der Waals surface area contributed by atoms with E-state index in [-0.39, 0.29) is 31.3 Å². The summed E-state index contributed by atoms with van der Waals surface area (Å²) in [7, 11) is 1.84. The number of non-ortho nitro benzene ring substituents is 1. The lowest BCUT2D eigenvalue weighted by Crippen LogP contribution is -2.25. The average Bonchev–Trinajstić information content (AvgIpc) is 2.90. The largest absolute Gasteiger partial charge is 0.395 e. The zero-order valence-electron chi connectivity index (χ0n) is 12.6. The van der Waals surface area contributed by atoms with Gasteiger partial charge in [-0.25, -0.2) is 9.13 Å². The van der Waals surface area contributed by atoms with Crippen LogP contribution in [-0.2, 0) is 18.4 Å². The smallest absolute Gasteiger partial charge is 0.271 e. The molecule has 2 aromatic rings. The second-order valence-corrected chi connectivity index (χ2v) is 4.94. The first-order valence-corrected chi connectivity index (χ1v) is 6.93. The number of carbonyl (C=O) groups excluding carboxylic acids is 1. The van der Waals surface area contributed by atoms with Gasteiger partial charge in [-0.3, -0.25) is 14.9 Å². The van der Waals surface area contributed by atoms with E-state index in [2.05, 4.69) is 10.6 Å². The summed E-state index contributed by atoms with van der Waals surface area (Å²) in [5.41, 5.74) is 0.687. The summed E-state index contributed by atoms with van der Waals surface area (Å²) in [5, 5.41) is 25.3. The van der Waals surface area contributed by atoms with Crippen molar-refractivity contribution >= 4 is 23.0 Å². The lowest BCUT2D eigenvalue weighted by molar-refractivity contribution is -0.671. The highest BCUT2D eigenvalue weighted by molar-refractivity contribution is 5.94. The van der Waals surface area contributed by atoms with E-state index in [1.165, 1.54) is 18.2 Å². The van der Waals surface area contributed by atoms with Crippen LogP contribution in [0, 0.1) is 10.1 Å². The summed E-state index contributed by atoms with van der Waals surface area (Å²) >= 11 is 0. The molecule has 1 heterocycles. The van der Waals surface area contributed by atoms with Gasteiger partial charge in [-0.2, -0.15) is 0 Å². The number of carbonyl (C=O) groups is 1. The molecule has 0 aliphatic carbocycles. The number of hydrogen-bond acceptors (Lipinski definition) is 5. The standard InChI is InChI=1S/C14H17N5O4/c1-17-5-6-18(10-17)9-14(21)16-13-8-11(19(22)23)2-3-12(13)15-4-7-20/h2-3,5-6,8,10,15,20H,4,7,9H2,1H3/p+1. The van der Waals surface area contributed by atoms with Crippen LogP contribution in [0.1, 0.15) is 0 Å². The lowest BCUT2D eigenvalue weighted by atomic mass is 10.2. The SMILES string of the molecule is C[n+]1ccn(CC(=O)Nc2cc([N+](=O)[O-])ccc2NCCO)c1. The van der Waals surface area contributed by atoms with E-state index in [9.17, 15) is 14.9 Å². The fourth-order valence-electron chi connectivity index (χ4n) is 2.04. The summed E-state index contributed by atoms with van der Waals surface area (Å²) in [6.07, 6.45) is 5.30. The number of hydrogen-bond donors (Lipinski definition) is 3. The van der Waals surface area contributed by atoms with E-state index >= 15 is 0 Å². The normalized spacial score (nSPS) is 10.3. The summed E-state index contributed by atoms with van der Waals surface area (Å²) in [4.78, 5) is 22.5. The first kappa shape index (κ1) is 16.4. The van der Waals surface area contributed by atoms with Gasteiger partial charge in [-0.15, -0.1) is 0 Å². The van der Waals surface area contributed by atoms with Gasteiger partial charge in [0.1, 0.15) is 12.4 Å². The highest BCUT2D eigenvalue weighted by Crippen LogP contribution is 2.27. The molecular weight excluding hydrogens is 302 g/mol. The van der Waals surface area contributed by atoms with E-state index in [1.807, 2.05) is 7.05 Å². The molecule has 3 N–H and O–H groups in total. The number of rotatable bonds is 7. The third-order valence-electron chi connectivity index (χ3n) is 3.07. The maximum Gasteiger partial charge on any atom is 0.271 e. The minimum absolute atomic E-state index is 0.0863. The Balaban J connectivity index is 2.15. The number of aryl methyl sites for hydroxylation is 1. The van der Waals surface area contributed by atoms with E-state index in [0.29, 0.717) is 11.4 Å². The Hall–Kier alpha value is -2.94. The number of nitrogens with one attached hydrogen (secondary N) is 2. The van der Waals surface area contributed by atoms with Crippen LogP contribution in [0.25, 0.3) is 0 Å². The molecule has 23 heavy (non-hydrogen) atoms. The number of aliphatic hydroxyl groups is 1. The first-order chi connectivity index (χ1) is 11.0. The van der Waals surface area contributed by atoms with Crippen LogP contribution in [0.15, 0.2) is 36.9 Å². The minimum atomic E-state index is -0.530. The number of amides is 1. The van der Waals surface area contributed by atoms with Crippen molar-refractivity contribution in [3.8, 4) is 0 Å². The van der Waals surface area contributed by atoms with Gasteiger partial charge in [0.15, 0.2) is 6.54 Å². The van der Waals surface area contributed by atoms with Crippen LogP contribution in [0.3, 0.4) is 0 Å². The number of nitro benzene ring substituents is 1. The first-order valence-electron chi connectivity index (χ1n) is 6.93. The second-order valence-electron chi connectivity index (χ2n) is 4.94. The number of imidazole rings is 1. The highest BCUT2D eigenvalue weighted by atomic mass is 16.6. The second kappa shape index (κ2) is 7.36. The summed E-state index contributed by atoms with van der Waals surface area (Å²) in [6.45, 7) is 0.265. The van der Waals surface area contributed by atoms with Crippen molar-refractivity contribution in [2.45, 2.75) is 6.54 Å². The molecule has 9 heteroatoms. The molecule has 0 spiro atoms. The quantitative estimate of drug-likeness (QED) is 0.385. The topological polar surface area (TPSA) is 113 Å². The molecule has 0 unspecified atom stereocenters. The molecule has 9 nitrogen and oxygen atoms in total. The monoisotopic (exact) mass is 320 g/mol.